The number of carboxylic acid groups (broad SMARTS) is 1. The summed E-state index contributed by atoms with van der Waals surface area (Å²) in [6.45, 7) is 1.34. The number of carbonyl (C=O) groups is 1. The summed E-state index contributed by atoms with van der Waals surface area (Å²) in [5.41, 5.74) is 0.293. The number of halogens is 2. The van der Waals surface area contributed by atoms with E-state index in [1.807, 2.05) is 0 Å². The topological polar surface area (TPSA) is 46.5 Å². The Morgan fingerprint density at radius 1 is 1.69 bits per heavy atom. The molecule has 0 fully saturated rings. The van der Waals surface area contributed by atoms with Crippen LogP contribution in [-0.2, 0) is 4.79 Å². The van der Waals surface area contributed by atoms with E-state index in [-0.39, 0.29) is 10.2 Å². The highest BCUT2D eigenvalue weighted by Crippen LogP contribution is 2.26. The van der Waals surface area contributed by atoms with E-state index >= 15 is 0 Å². The van der Waals surface area contributed by atoms with Crippen LogP contribution in [0.5, 0.6) is 5.75 Å². The van der Waals surface area contributed by atoms with Crippen LogP contribution >= 0.6 is 15.9 Å². The second-order valence-electron chi connectivity index (χ2n) is 3.01. The van der Waals surface area contributed by atoms with Gasteiger partial charge in [-0.15, -0.1) is 6.42 Å². The molecule has 0 amide bonds. The van der Waals surface area contributed by atoms with E-state index in [1.54, 1.807) is 0 Å². The van der Waals surface area contributed by atoms with E-state index in [9.17, 15) is 9.18 Å². The number of rotatable bonds is 3. The molecule has 1 unspecified atom stereocenters. The third-order valence-electron chi connectivity index (χ3n) is 1.83. The molecule has 1 N–H and O–H groups in total. The van der Waals surface area contributed by atoms with Gasteiger partial charge in [0.1, 0.15) is 11.6 Å². The van der Waals surface area contributed by atoms with Crippen molar-refractivity contribution in [3.05, 3.63) is 28.0 Å². The van der Waals surface area contributed by atoms with E-state index in [1.165, 1.54) is 13.0 Å². The minimum Gasteiger partial charge on any atom is -0.479 e. The lowest BCUT2D eigenvalue weighted by Crippen LogP contribution is -2.23. The Morgan fingerprint density at radius 3 is 2.81 bits per heavy atom. The van der Waals surface area contributed by atoms with Crippen molar-refractivity contribution in [3.8, 4) is 18.1 Å². The predicted octanol–water partition coefficient (Wildman–Crippen LogP) is 2.42. The summed E-state index contributed by atoms with van der Waals surface area (Å²) in [5, 5.41) is 8.65. The van der Waals surface area contributed by atoms with Crippen LogP contribution in [0.15, 0.2) is 16.6 Å². The summed E-state index contributed by atoms with van der Waals surface area (Å²) in [7, 11) is 0. The molecule has 1 atom stereocenters. The molecule has 0 bridgehead atoms. The first kappa shape index (κ1) is 12.5. The van der Waals surface area contributed by atoms with Gasteiger partial charge in [-0.05, 0) is 28.9 Å². The summed E-state index contributed by atoms with van der Waals surface area (Å²) in [6, 6.07) is 2.41. The highest BCUT2D eigenvalue weighted by molar-refractivity contribution is 9.10. The zero-order valence-corrected chi connectivity index (χ0v) is 9.92. The van der Waals surface area contributed by atoms with E-state index in [0.29, 0.717) is 5.56 Å². The average Bonchev–Trinajstić information content (AvgIpc) is 2.22. The third kappa shape index (κ3) is 2.74. The lowest BCUT2D eigenvalue weighted by molar-refractivity contribution is -0.144. The molecule has 0 aromatic heterocycles. The largest absolute Gasteiger partial charge is 0.479 e. The van der Waals surface area contributed by atoms with Crippen LogP contribution in [0.4, 0.5) is 4.39 Å². The van der Waals surface area contributed by atoms with Gasteiger partial charge in [0.25, 0.3) is 0 Å². The van der Waals surface area contributed by atoms with Crippen LogP contribution in [-0.4, -0.2) is 17.2 Å². The highest BCUT2D eigenvalue weighted by atomic mass is 79.9. The number of aliphatic carboxylic acids is 1. The third-order valence-corrected chi connectivity index (χ3v) is 2.44. The molecule has 16 heavy (non-hydrogen) atoms. The summed E-state index contributed by atoms with van der Waals surface area (Å²) in [4.78, 5) is 10.6. The Kier molecular flexibility index (Phi) is 3.91. The van der Waals surface area contributed by atoms with Crippen LogP contribution in [0.25, 0.3) is 0 Å². The maximum atomic E-state index is 13.2. The molecule has 1 aromatic carbocycles. The first-order chi connectivity index (χ1) is 7.45. The van der Waals surface area contributed by atoms with E-state index in [2.05, 4.69) is 21.9 Å². The Morgan fingerprint density at radius 2 is 2.31 bits per heavy atom. The number of hydrogen-bond donors (Lipinski definition) is 1. The lowest BCUT2D eigenvalue weighted by atomic mass is 10.2. The molecule has 0 saturated carbocycles. The van der Waals surface area contributed by atoms with Gasteiger partial charge in [-0.1, -0.05) is 5.92 Å². The Labute approximate surface area is 100 Å². The van der Waals surface area contributed by atoms with Crippen LogP contribution < -0.4 is 4.74 Å². The van der Waals surface area contributed by atoms with Crippen molar-refractivity contribution in [2.24, 2.45) is 0 Å². The fourth-order valence-electron chi connectivity index (χ4n) is 0.980. The van der Waals surface area contributed by atoms with Gasteiger partial charge in [-0.25, -0.2) is 9.18 Å². The fourth-order valence-corrected chi connectivity index (χ4v) is 1.32. The van der Waals surface area contributed by atoms with Crippen LogP contribution in [0.1, 0.15) is 12.5 Å². The van der Waals surface area contributed by atoms with Crippen molar-refractivity contribution in [1.82, 2.24) is 0 Å². The number of ether oxygens (including phenoxy) is 1. The predicted molar refractivity (Wildman–Crippen MR) is 59.8 cm³/mol. The number of carboxylic acids is 1. The number of benzene rings is 1. The quantitative estimate of drug-likeness (QED) is 0.868. The van der Waals surface area contributed by atoms with E-state index < -0.39 is 17.9 Å². The molecule has 1 aromatic rings. The Bertz CT molecular complexity index is 465. The number of hydrogen-bond acceptors (Lipinski definition) is 2. The molecule has 0 heterocycles. The molecule has 0 aliphatic carbocycles. The summed E-state index contributed by atoms with van der Waals surface area (Å²) in [5.74, 6) is 0.623. The highest BCUT2D eigenvalue weighted by Gasteiger charge is 2.16. The zero-order chi connectivity index (χ0) is 12.3. The molecule has 0 aliphatic rings. The first-order valence-electron chi connectivity index (χ1n) is 4.30. The summed E-state index contributed by atoms with van der Waals surface area (Å²) >= 11 is 2.97. The molecule has 1 rings (SSSR count). The smallest absolute Gasteiger partial charge is 0.344 e. The van der Waals surface area contributed by atoms with Crippen molar-refractivity contribution in [1.29, 1.82) is 0 Å². The van der Waals surface area contributed by atoms with Gasteiger partial charge < -0.3 is 9.84 Å². The summed E-state index contributed by atoms with van der Waals surface area (Å²) < 4.78 is 18.4. The lowest BCUT2D eigenvalue weighted by Gasteiger charge is -2.12. The van der Waals surface area contributed by atoms with Crippen LogP contribution in [0, 0.1) is 18.2 Å². The molecule has 0 radical (unpaired) electrons. The van der Waals surface area contributed by atoms with Crippen molar-refractivity contribution < 1.29 is 19.0 Å². The second-order valence-corrected chi connectivity index (χ2v) is 3.86. The van der Waals surface area contributed by atoms with Gasteiger partial charge in [0.05, 0.1) is 10.0 Å². The van der Waals surface area contributed by atoms with Crippen molar-refractivity contribution in [3.63, 3.8) is 0 Å². The monoisotopic (exact) mass is 286 g/mol. The fraction of sp³-hybridized carbons (Fsp3) is 0.182. The van der Waals surface area contributed by atoms with Crippen LogP contribution in [0.2, 0.25) is 0 Å². The second kappa shape index (κ2) is 4.99. The van der Waals surface area contributed by atoms with Gasteiger partial charge in [-0.3, -0.25) is 0 Å². The molecular weight excluding hydrogens is 279 g/mol. The zero-order valence-electron chi connectivity index (χ0n) is 8.33. The van der Waals surface area contributed by atoms with E-state index in [0.717, 1.165) is 6.07 Å². The van der Waals surface area contributed by atoms with Gasteiger partial charge >= 0.3 is 5.97 Å². The van der Waals surface area contributed by atoms with Crippen molar-refractivity contribution in [2.75, 3.05) is 0 Å². The first-order valence-corrected chi connectivity index (χ1v) is 5.10. The molecule has 3 nitrogen and oxygen atoms in total. The van der Waals surface area contributed by atoms with Gasteiger partial charge in [0.2, 0.25) is 0 Å². The SMILES string of the molecule is C#Cc1cc(Br)c(F)cc1OC(C)C(=O)O. The maximum absolute atomic E-state index is 13.2. The normalized spacial score (nSPS) is 11.6. The Hall–Kier alpha value is -1.54. The van der Waals surface area contributed by atoms with Gasteiger partial charge in [-0.2, -0.15) is 0 Å². The van der Waals surface area contributed by atoms with Gasteiger partial charge in [0.15, 0.2) is 6.10 Å². The minimum atomic E-state index is -1.15. The molecule has 5 heteroatoms. The molecular formula is C11H8BrFO3. The Balaban J connectivity index is 3.09. The molecule has 0 saturated heterocycles. The van der Waals surface area contributed by atoms with Crippen LogP contribution in [0.3, 0.4) is 0 Å². The van der Waals surface area contributed by atoms with E-state index in [4.69, 9.17) is 16.3 Å². The maximum Gasteiger partial charge on any atom is 0.344 e. The van der Waals surface area contributed by atoms with Gasteiger partial charge in [0, 0.05) is 6.07 Å². The molecule has 0 aliphatic heterocycles. The molecule has 84 valence electrons. The molecule has 0 spiro atoms. The van der Waals surface area contributed by atoms with Crippen molar-refractivity contribution >= 4 is 21.9 Å². The summed E-state index contributed by atoms with van der Waals surface area (Å²) in [6.07, 6.45) is 4.11. The van der Waals surface area contributed by atoms with Crippen molar-refractivity contribution in [2.45, 2.75) is 13.0 Å². The minimum absolute atomic E-state index is 0.0399. The average molecular weight is 287 g/mol. The standard InChI is InChI=1S/C11H8BrFO3/c1-3-7-4-8(12)9(13)5-10(7)16-6(2)11(14)15/h1,4-6H,2H3,(H,14,15). The number of terminal acetylenes is 1.